The highest BCUT2D eigenvalue weighted by atomic mass is 16.5. The minimum atomic E-state index is -0.200. The summed E-state index contributed by atoms with van der Waals surface area (Å²) < 4.78 is 22.1. The summed E-state index contributed by atoms with van der Waals surface area (Å²) in [5, 5.41) is 0. The van der Waals surface area contributed by atoms with E-state index >= 15 is 0 Å². The first-order valence-electron chi connectivity index (χ1n) is 9.38. The van der Waals surface area contributed by atoms with Crippen molar-refractivity contribution >= 4 is 11.9 Å². The highest BCUT2D eigenvalue weighted by Crippen LogP contribution is 2.29. The molecule has 0 unspecified atom stereocenters. The van der Waals surface area contributed by atoms with E-state index < -0.39 is 0 Å². The highest BCUT2D eigenvalue weighted by Gasteiger charge is 2.12. The van der Waals surface area contributed by atoms with Crippen LogP contribution in [0.5, 0.6) is 23.0 Å². The first kappa shape index (κ1) is 22.6. The van der Waals surface area contributed by atoms with Crippen molar-refractivity contribution in [3.8, 4) is 23.0 Å². The number of ether oxygens (including phenoxy) is 4. The van der Waals surface area contributed by atoms with Crippen LogP contribution in [0, 0.1) is 0 Å². The molecule has 0 radical (unpaired) electrons. The molecule has 0 bridgehead atoms. The van der Waals surface area contributed by atoms with Crippen LogP contribution in [0.3, 0.4) is 0 Å². The van der Waals surface area contributed by atoms with E-state index in [-0.39, 0.29) is 12.4 Å². The van der Waals surface area contributed by atoms with Crippen LogP contribution in [0.15, 0.2) is 80.4 Å². The maximum atomic E-state index is 12.8. The standard InChI is InChI=1S/C25H26O5/c1-5-14-28-20-10-11-21(24(18-20)29-15-6-2)22(26)12-8-19-9-13-23(27-4)25(17-19)30-16-7-3/h5-13,17-18H,1-3,14-16H2,4H3/b12-8+. The van der Waals surface area contributed by atoms with Gasteiger partial charge < -0.3 is 18.9 Å². The molecule has 0 aliphatic rings. The molecule has 0 saturated carbocycles. The molecule has 0 spiro atoms. The Balaban J connectivity index is 2.25. The van der Waals surface area contributed by atoms with Crippen LogP contribution >= 0.6 is 0 Å². The van der Waals surface area contributed by atoms with Crippen molar-refractivity contribution in [1.82, 2.24) is 0 Å². The molecule has 0 aromatic heterocycles. The second-order valence-electron chi connectivity index (χ2n) is 6.06. The Bertz CT molecular complexity index is 927. The van der Waals surface area contributed by atoms with Crippen LogP contribution in [-0.4, -0.2) is 32.7 Å². The number of allylic oxidation sites excluding steroid dienone is 1. The third-order valence-electron chi connectivity index (χ3n) is 3.91. The minimum Gasteiger partial charge on any atom is -0.493 e. The second-order valence-corrected chi connectivity index (χ2v) is 6.06. The normalized spacial score (nSPS) is 10.3. The number of benzene rings is 2. The molecule has 0 N–H and O–H groups in total. The third-order valence-corrected chi connectivity index (χ3v) is 3.91. The predicted octanol–water partition coefficient (Wildman–Crippen LogP) is 5.29. The van der Waals surface area contributed by atoms with Crippen LogP contribution < -0.4 is 18.9 Å². The van der Waals surface area contributed by atoms with Gasteiger partial charge in [-0.15, -0.1) is 0 Å². The molecule has 5 heteroatoms. The maximum absolute atomic E-state index is 12.8. The highest BCUT2D eigenvalue weighted by molar-refractivity contribution is 6.08. The fourth-order valence-electron chi connectivity index (χ4n) is 2.54. The van der Waals surface area contributed by atoms with Gasteiger partial charge in [-0.2, -0.15) is 0 Å². The topological polar surface area (TPSA) is 54.0 Å². The molecule has 2 rings (SSSR count). The Morgan fingerprint density at radius 1 is 0.833 bits per heavy atom. The van der Waals surface area contributed by atoms with Crippen molar-refractivity contribution in [2.75, 3.05) is 26.9 Å². The van der Waals surface area contributed by atoms with Crippen LogP contribution in [-0.2, 0) is 0 Å². The molecule has 0 heterocycles. The third kappa shape index (κ3) is 6.41. The second kappa shape index (κ2) is 12.0. The summed E-state index contributed by atoms with van der Waals surface area (Å²) in [5.41, 5.74) is 1.22. The SMILES string of the molecule is C=CCOc1ccc(C(=O)/C=C/c2ccc(OC)c(OCC=C)c2)c(OCC=C)c1. The van der Waals surface area contributed by atoms with E-state index in [2.05, 4.69) is 19.7 Å². The summed E-state index contributed by atoms with van der Waals surface area (Å²) in [7, 11) is 1.57. The molecule has 0 saturated heterocycles. The largest absolute Gasteiger partial charge is 0.493 e. The zero-order valence-electron chi connectivity index (χ0n) is 17.1. The summed E-state index contributed by atoms with van der Waals surface area (Å²) in [6.07, 6.45) is 8.11. The van der Waals surface area contributed by atoms with Crippen LogP contribution in [0.1, 0.15) is 15.9 Å². The van der Waals surface area contributed by atoms with Gasteiger partial charge in [-0.25, -0.2) is 0 Å². The average Bonchev–Trinajstić information content (AvgIpc) is 2.78. The lowest BCUT2D eigenvalue weighted by atomic mass is 10.1. The van der Waals surface area contributed by atoms with E-state index in [1.165, 1.54) is 6.08 Å². The van der Waals surface area contributed by atoms with E-state index in [4.69, 9.17) is 18.9 Å². The zero-order valence-corrected chi connectivity index (χ0v) is 17.1. The Kier molecular flexibility index (Phi) is 9.00. The fraction of sp³-hybridized carbons (Fsp3) is 0.160. The molecular formula is C25H26O5. The Morgan fingerprint density at radius 3 is 2.17 bits per heavy atom. The Morgan fingerprint density at radius 2 is 1.50 bits per heavy atom. The molecule has 2 aromatic carbocycles. The Hall–Kier alpha value is -3.73. The number of methoxy groups -OCH3 is 1. The summed E-state index contributed by atoms with van der Waals surface area (Å²) in [4.78, 5) is 12.8. The van der Waals surface area contributed by atoms with E-state index in [9.17, 15) is 4.79 Å². The predicted molar refractivity (Wildman–Crippen MR) is 120 cm³/mol. The van der Waals surface area contributed by atoms with Crippen molar-refractivity contribution in [1.29, 1.82) is 0 Å². The van der Waals surface area contributed by atoms with Crippen molar-refractivity contribution in [2.45, 2.75) is 0 Å². The molecule has 0 atom stereocenters. The maximum Gasteiger partial charge on any atom is 0.189 e. The average molecular weight is 406 g/mol. The van der Waals surface area contributed by atoms with Crippen molar-refractivity contribution < 1.29 is 23.7 Å². The lowest BCUT2D eigenvalue weighted by molar-refractivity contribution is 0.104. The smallest absolute Gasteiger partial charge is 0.189 e. The summed E-state index contributed by atoms with van der Waals surface area (Å²) >= 11 is 0. The first-order chi connectivity index (χ1) is 14.6. The van der Waals surface area contributed by atoms with Gasteiger partial charge in [-0.05, 0) is 35.9 Å². The van der Waals surface area contributed by atoms with Gasteiger partial charge in [-0.1, -0.05) is 50.1 Å². The van der Waals surface area contributed by atoms with Gasteiger partial charge in [-0.3, -0.25) is 4.79 Å². The number of carbonyl (C=O) groups is 1. The molecule has 0 amide bonds. The number of hydrogen-bond acceptors (Lipinski definition) is 5. The van der Waals surface area contributed by atoms with Crippen LogP contribution in [0.4, 0.5) is 0 Å². The molecule has 2 aromatic rings. The van der Waals surface area contributed by atoms with Gasteiger partial charge in [0, 0.05) is 6.07 Å². The molecule has 0 fully saturated rings. The van der Waals surface area contributed by atoms with E-state index in [0.717, 1.165) is 5.56 Å². The van der Waals surface area contributed by atoms with Crippen LogP contribution in [0.2, 0.25) is 0 Å². The summed E-state index contributed by atoms with van der Waals surface area (Å²) in [6, 6.07) is 10.5. The number of ketones is 1. The van der Waals surface area contributed by atoms with Crippen molar-refractivity contribution in [2.24, 2.45) is 0 Å². The number of rotatable bonds is 13. The van der Waals surface area contributed by atoms with E-state index in [1.807, 2.05) is 6.07 Å². The monoisotopic (exact) mass is 406 g/mol. The molecule has 0 aliphatic heterocycles. The fourth-order valence-corrected chi connectivity index (χ4v) is 2.54. The van der Waals surface area contributed by atoms with Gasteiger partial charge in [0.05, 0.1) is 12.7 Å². The zero-order chi connectivity index (χ0) is 21.8. The molecule has 156 valence electrons. The van der Waals surface area contributed by atoms with Gasteiger partial charge in [0.15, 0.2) is 17.3 Å². The number of carbonyl (C=O) groups excluding carboxylic acids is 1. The van der Waals surface area contributed by atoms with Gasteiger partial charge >= 0.3 is 0 Å². The molecule has 30 heavy (non-hydrogen) atoms. The molecular weight excluding hydrogens is 380 g/mol. The van der Waals surface area contributed by atoms with Crippen molar-refractivity contribution in [3.63, 3.8) is 0 Å². The summed E-state index contributed by atoms with van der Waals surface area (Å²) in [5.74, 6) is 2.00. The lowest BCUT2D eigenvalue weighted by Crippen LogP contribution is -2.03. The number of hydrogen-bond donors (Lipinski definition) is 0. The van der Waals surface area contributed by atoms with E-state index in [0.29, 0.717) is 41.8 Å². The quantitative estimate of drug-likeness (QED) is 0.257. The first-order valence-corrected chi connectivity index (χ1v) is 9.38. The van der Waals surface area contributed by atoms with Gasteiger partial charge in [0.1, 0.15) is 31.3 Å². The van der Waals surface area contributed by atoms with E-state index in [1.54, 1.807) is 61.7 Å². The van der Waals surface area contributed by atoms with Gasteiger partial charge in [0.2, 0.25) is 0 Å². The molecule has 5 nitrogen and oxygen atoms in total. The minimum absolute atomic E-state index is 0.200. The van der Waals surface area contributed by atoms with Gasteiger partial charge in [0.25, 0.3) is 0 Å². The Labute approximate surface area is 177 Å². The lowest BCUT2D eigenvalue weighted by Gasteiger charge is -2.11. The summed E-state index contributed by atoms with van der Waals surface area (Å²) in [6.45, 7) is 11.9. The van der Waals surface area contributed by atoms with Crippen LogP contribution in [0.25, 0.3) is 6.08 Å². The molecule has 0 aliphatic carbocycles. The van der Waals surface area contributed by atoms with Crippen molar-refractivity contribution in [3.05, 3.63) is 91.6 Å².